The normalized spacial score (nSPS) is 12.8. The van der Waals surface area contributed by atoms with Gasteiger partial charge >= 0.3 is 12.0 Å². The standard InChI is InChI=1S/C18H18N2O3/c1-12-10-13(11-17(21)22)6-7-15(12)19-18(23)20-9-8-14-4-2-3-5-16(14)20/h2-7,10H,8-9,11H2,1H3,(H,19,23)(H,21,22). The number of carbonyl (C=O) groups excluding carboxylic acids is 1. The maximum Gasteiger partial charge on any atom is 0.326 e. The first kappa shape index (κ1) is 15.1. The molecule has 2 N–H and O–H groups in total. The van der Waals surface area contributed by atoms with Crippen LogP contribution in [-0.2, 0) is 17.6 Å². The van der Waals surface area contributed by atoms with Gasteiger partial charge in [-0.1, -0.05) is 30.3 Å². The van der Waals surface area contributed by atoms with Crippen LogP contribution >= 0.6 is 0 Å². The van der Waals surface area contributed by atoms with Crippen LogP contribution in [0.2, 0.25) is 0 Å². The molecule has 3 rings (SSSR count). The van der Waals surface area contributed by atoms with E-state index in [9.17, 15) is 9.59 Å². The van der Waals surface area contributed by atoms with E-state index < -0.39 is 5.97 Å². The van der Waals surface area contributed by atoms with Crippen LogP contribution < -0.4 is 10.2 Å². The van der Waals surface area contributed by atoms with Crippen molar-refractivity contribution < 1.29 is 14.7 Å². The molecular formula is C18H18N2O3. The van der Waals surface area contributed by atoms with E-state index in [1.165, 1.54) is 5.56 Å². The first-order chi connectivity index (χ1) is 11.0. The number of rotatable bonds is 3. The van der Waals surface area contributed by atoms with E-state index >= 15 is 0 Å². The minimum atomic E-state index is -0.866. The van der Waals surface area contributed by atoms with Gasteiger partial charge in [-0.25, -0.2) is 4.79 Å². The van der Waals surface area contributed by atoms with Crippen LogP contribution in [0.1, 0.15) is 16.7 Å². The molecule has 0 bridgehead atoms. The fraction of sp³-hybridized carbons (Fsp3) is 0.222. The van der Waals surface area contributed by atoms with Gasteiger partial charge in [0.1, 0.15) is 0 Å². The number of carbonyl (C=O) groups is 2. The Hall–Kier alpha value is -2.82. The van der Waals surface area contributed by atoms with Crippen LogP contribution in [0, 0.1) is 6.92 Å². The molecule has 1 aliphatic heterocycles. The van der Waals surface area contributed by atoms with Crippen molar-refractivity contribution in [1.29, 1.82) is 0 Å². The minimum absolute atomic E-state index is 0.0193. The maximum atomic E-state index is 12.5. The molecule has 2 aromatic carbocycles. The quantitative estimate of drug-likeness (QED) is 0.914. The zero-order valence-corrected chi connectivity index (χ0v) is 12.9. The number of benzene rings is 2. The van der Waals surface area contributed by atoms with Gasteiger partial charge in [-0.2, -0.15) is 0 Å². The summed E-state index contributed by atoms with van der Waals surface area (Å²) in [6, 6.07) is 13.0. The number of nitrogens with zero attached hydrogens (tertiary/aromatic N) is 1. The maximum absolute atomic E-state index is 12.5. The zero-order valence-electron chi connectivity index (χ0n) is 12.9. The van der Waals surface area contributed by atoms with Crippen LogP contribution in [-0.4, -0.2) is 23.7 Å². The molecule has 0 saturated heterocycles. The number of amides is 2. The van der Waals surface area contributed by atoms with E-state index in [-0.39, 0.29) is 12.5 Å². The van der Waals surface area contributed by atoms with E-state index in [1.54, 1.807) is 23.1 Å². The lowest BCUT2D eigenvalue weighted by molar-refractivity contribution is -0.136. The predicted molar refractivity (Wildman–Crippen MR) is 89.0 cm³/mol. The van der Waals surface area contributed by atoms with Gasteiger partial charge in [0.15, 0.2) is 0 Å². The van der Waals surface area contributed by atoms with Gasteiger partial charge in [-0.15, -0.1) is 0 Å². The Morgan fingerprint density at radius 2 is 2.00 bits per heavy atom. The molecule has 5 nitrogen and oxygen atoms in total. The second kappa shape index (κ2) is 6.12. The number of aryl methyl sites for hydroxylation is 1. The summed E-state index contributed by atoms with van der Waals surface area (Å²) in [6.07, 6.45) is 0.842. The number of aliphatic carboxylic acids is 1. The van der Waals surface area contributed by atoms with Crippen LogP contribution in [0.25, 0.3) is 0 Å². The van der Waals surface area contributed by atoms with Gasteiger partial charge in [0.05, 0.1) is 6.42 Å². The summed E-state index contributed by atoms with van der Waals surface area (Å²) in [4.78, 5) is 25.0. The Kier molecular flexibility index (Phi) is 4.02. The Labute approximate surface area is 134 Å². The predicted octanol–water partition coefficient (Wildman–Crippen LogP) is 3.22. The SMILES string of the molecule is Cc1cc(CC(=O)O)ccc1NC(=O)N1CCc2ccccc21. The molecule has 118 valence electrons. The van der Waals surface area contributed by atoms with Gasteiger partial charge in [0.25, 0.3) is 0 Å². The van der Waals surface area contributed by atoms with Crippen molar-refractivity contribution in [3.8, 4) is 0 Å². The highest BCUT2D eigenvalue weighted by Crippen LogP contribution is 2.28. The molecule has 0 saturated carbocycles. The Bertz CT molecular complexity index is 771. The Morgan fingerprint density at radius 1 is 1.22 bits per heavy atom. The highest BCUT2D eigenvalue weighted by atomic mass is 16.4. The van der Waals surface area contributed by atoms with Gasteiger partial charge < -0.3 is 10.4 Å². The summed E-state index contributed by atoms with van der Waals surface area (Å²) >= 11 is 0. The molecule has 0 atom stereocenters. The fourth-order valence-corrected chi connectivity index (χ4v) is 2.88. The smallest absolute Gasteiger partial charge is 0.326 e. The van der Waals surface area contributed by atoms with Crippen molar-refractivity contribution in [2.75, 3.05) is 16.8 Å². The van der Waals surface area contributed by atoms with Crippen molar-refractivity contribution in [2.45, 2.75) is 19.8 Å². The van der Waals surface area contributed by atoms with E-state index in [1.807, 2.05) is 31.2 Å². The number of para-hydroxylation sites is 1. The van der Waals surface area contributed by atoms with Gasteiger partial charge in [-0.3, -0.25) is 9.69 Å². The summed E-state index contributed by atoms with van der Waals surface area (Å²) < 4.78 is 0. The van der Waals surface area contributed by atoms with Crippen molar-refractivity contribution in [3.63, 3.8) is 0 Å². The largest absolute Gasteiger partial charge is 0.481 e. The zero-order chi connectivity index (χ0) is 16.4. The molecule has 0 aromatic heterocycles. The number of carboxylic acid groups (broad SMARTS) is 1. The molecule has 0 unspecified atom stereocenters. The number of anilines is 2. The second-order valence-corrected chi connectivity index (χ2v) is 5.68. The molecule has 1 aliphatic rings. The van der Waals surface area contributed by atoms with E-state index in [2.05, 4.69) is 5.32 Å². The molecule has 0 radical (unpaired) electrons. The fourth-order valence-electron chi connectivity index (χ4n) is 2.88. The van der Waals surface area contributed by atoms with Crippen molar-refractivity contribution in [1.82, 2.24) is 0 Å². The lowest BCUT2D eigenvalue weighted by Crippen LogP contribution is -2.33. The number of urea groups is 1. The molecule has 0 spiro atoms. The monoisotopic (exact) mass is 310 g/mol. The summed E-state index contributed by atoms with van der Waals surface area (Å²) in [5, 5.41) is 11.7. The van der Waals surface area contributed by atoms with Crippen LogP contribution in [0.15, 0.2) is 42.5 Å². The molecular weight excluding hydrogens is 292 g/mol. The number of carboxylic acids is 1. The highest BCUT2D eigenvalue weighted by molar-refractivity contribution is 6.03. The molecule has 0 fully saturated rings. The van der Waals surface area contributed by atoms with Gasteiger partial charge in [-0.05, 0) is 42.2 Å². The van der Waals surface area contributed by atoms with Crippen LogP contribution in [0.3, 0.4) is 0 Å². The average Bonchev–Trinajstić information content (AvgIpc) is 2.93. The highest BCUT2D eigenvalue weighted by Gasteiger charge is 2.24. The number of nitrogens with one attached hydrogen (secondary N) is 1. The third-order valence-electron chi connectivity index (χ3n) is 4.02. The summed E-state index contributed by atoms with van der Waals surface area (Å²) in [6.45, 7) is 2.53. The van der Waals surface area contributed by atoms with Crippen LogP contribution in [0.5, 0.6) is 0 Å². The summed E-state index contributed by atoms with van der Waals surface area (Å²) in [5.41, 5.74) is 4.40. The molecule has 1 heterocycles. The third kappa shape index (κ3) is 3.18. The molecule has 5 heteroatoms. The lowest BCUT2D eigenvalue weighted by atomic mass is 10.1. The third-order valence-corrected chi connectivity index (χ3v) is 4.02. The topological polar surface area (TPSA) is 69.6 Å². The van der Waals surface area contributed by atoms with Gasteiger partial charge in [0, 0.05) is 17.9 Å². The lowest BCUT2D eigenvalue weighted by Gasteiger charge is -2.19. The second-order valence-electron chi connectivity index (χ2n) is 5.68. The van der Waals surface area contributed by atoms with E-state index in [4.69, 9.17) is 5.11 Å². The minimum Gasteiger partial charge on any atom is -0.481 e. The van der Waals surface area contributed by atoms with Crippen molar-refractivity contribution in [2.24, 2.45) is 0 Å². The number of hydrogen-bond acceptors (Lipinski definition) is 2. The van der Waals surface area contributed by atoms with E-state index in [0.29, 0.717) is 12.2 Å². The van der Waals surface area contributed by atoms with Crippen LogP contribution in [0.4, 0.5) is 16.2 Å². The first-order valence-electron chi connectivity index (χ1n) is 7.52. The van der Waals surface area contributed by atoms with Crippen molar-refractivity contribution in [3.05, 3.63) is 59.2 Å². The molecule has 2 amide bonds. The summed E-state index contributed by atoms with van der Waals surface area (Å²) in [7, 11) is 0. The summed E-state index contributed by atoms with van der Waals surface area (Å²) in [5.74, 6) is -0.866. The first-order valence-corrected chi connectivity index (χ1v) is 7.52. The molecule has 23 heavy (non-hydrogen) atoms. The Morgan fingerprint density at radius 3 is 2.74 bits per heavy atom. The Balaban J connectivity index is 1.75. The van der Waals surface area contributed by atoms with Gasteiger partial charge in [0.2, 0.25) is 0 Å². The average molecular weight is 310 g/mol. The van der Waals surface area contributed by atoms with Crippen molar-refractivity contribution >= 4 is 23.4 Å². The molecule has 0 aliphatic carbocycles. The number of fused-ring (bicyclic) bond motifs is 1. The van der Waals surface area contributed by atoms with E-state index in [0.717, 1.165) is 23.2 Å². The molecule has 2 aromatic rings. The number of hydrogen-bond donors (Lipinski definition) is 2.